The zero-order chi connectivity index (χ0) is 9.52. The van der Waals surface area contributed by atoms with E-state index in [0.717, 1.165) is 17.7 Å². The molecule has 0 aliphatic carbocycles. The van der Waals surface area contributed by atoms with Gasteiger partial charge < -0.3 is 4.74 Å². The molecule has 0 atom stereocenters. The van der Waals surface area contributed by atoms with Crippen LogP contribution in [0.5, 0.6) is 5.75 Å². The van der Waals surface area contributed by atoms with E-state index in [9.17, 15) is 4.79 Å². The van der Waals surface area contributed by atoms with Gasteiger partial charge in [-0.2, -0.15) is 0 Å². The highest BCUT2D eigenvalue weighted by molar-refractivity contribution is 5.33. The van der Waals surface area contributed by atoms with Gasteiger partial charge in [0.1, 0.15) is 5.75 Å². The molecule has 0 saturated carbocycles. The molecule has 1 aromatic carbocycles. The second-order valence-corrected chi connectivity index (χ2v) is 2.57. The molecule has 0 fully saturated rings. The normalized spacial score (nSPS) is 9.00. The van der Waals surface area contributed by atoms with Crippen LogP contribution in [0.4, 0.5) is 0 Å². The van der Waals surface area contributed by atoms with Gasteiger partial charge in [-0.05, 0) is 24.1 Å². The molecule has 0 heterocycles. The summed E-state index contributed by atoms with van der Waals surface area (Å²) in [6.45, 7) is 0.496. The Morgan fingerprint density at radius 1 is 1.38 bits per heavy atom. The topological polar surface area (TPSA) is 38.7 Å². The van der Waals surface area contributed by atoms with Gasteiger partial charge in [0.15, 0.2) is 0 Å². The Morgan fingerprint density at radius 3 is 2.62 bits per heavy atom. The molecule has 0 N–H and O–H groups in total. The fourth-order valence-corrected chi connectivity index (χ4v) is 1.02. The summed E-state index contributed by atoms with van der Waals surface area (Å²) in [6.07, 6.45) is 2.27. The molecule has 0 aliphatic rings. The first-order valence-corrected chi connectivity index (χ1v) is 4.03. The van der Waals surface area contributed by atoms with Crippen molar-refractivity contribution in [1.29, 1.82) is 0 Å². The molecule has 13 heavy (non-hydrogen) atoms. The van der Waals surface area contributed by atoms with Crippen molar-refractivity contribution in [3.05, 3.63) is 29.8 Å². The molecule has 0 radical (unpaired) electrons. The Morgan fingerprint density at radius 2 is 2.08 bits per heavy atom. The van der Waals surface area contributed by atoms with Gasteiger partial charge in [0, 0.05) is 0 Å². The second-order valence-electron chi connectivity index (χ2n) is 2.57. The van der Waals surface area contributed by atoms with Crippen LogP contribution in [0, 0.1) is 0 Å². The lowest BCUT2D eigenvalue weighted by atomic mass is 10.1. The first-order valence-electron chi connectivity index (χ1n) is 4.03. The number of isocyanates is 1. The molecule has 0 spiro atoms. The summed E-state index contributed by atoms with van der Waals surface area (Å²) in [5.74, 6) is 0.836. The highest BCUT2D eigenvalue weighted by Crippen LogP contribution is 2.11. The number of hydrogen-bond donors (Lipinski definition) is 0. The smallest absolute Gasteiger partial charge is 0.234 e. The molecule has 0 saturated heterocycles. The highest BCUT2D eigenvalue weighted by Gasteiger charge is 1.92. The highest BCUT2D eigenvalue weighted by atomic mass is 16.5. The minimum atomic E-state index is 0.496. The van der Waals surface area contributed by atoms with E-state index in [2.05, 4.69) is 4.99 Å². The SMILES string of the molecule is COc1ccc(CCN=C=O)cc1. The molecule has 0 amide bonds. The summed E-state index contributed by atoms with van der Waals surface area (Å²) in [5, 5.41) is 0. The van der Waals surface area contributed by atoms with Crippen molar-refractivity contribution in [3.8, 4) is 5.75 Å². The number of ether oxygens (including phenoxy) is 1. The minimum Gasteiger partial charge on any atom is -0.497 e. The average Bonchev–Trinajstić information content (AvgIpc) is 2.19. The number of benzene rings is 1. The maximum atomic E-state index is 9.78. The van der Waals surface area contributed by atoms with Crippen LogP contribution in [0.1, 0.15) is 5.56 Å². The van der Waals surface area contributed by atoms with Gasteiger partial charge in [-0.1, -0.05) is 12.1 Å². The number of carbonyl (C=O) groups excluding carboxylic acids is 1. The summed E-state index contributed by atoms with van der Waals surface area (Å²) in [6, 6.07) is 7.69. The summed E-state index contributed by atoms with van der Waals surface area (Å²) in [4.78, 5) is 13.3. The third kappa shape index (κ3) is 3.09. The van der Waals surface area contributed by atoms with Crippen LogP contribution in [-0.4, -0.2) is 19.7 Å². The van der Waals surface area contributed by atoms with Crippen molar-refractivity contribution >= 4 is 6.08 Å². The van der Waals surface area contributed by atoms with Crippen molar-refractivity contribution in [2.24, 2.45) is 4.99 Å². The van der Waals surface area contributed by atoms with Crippen LogP contribution in [-0.2, 0) is 11.2 Å². The predicted octanol–water partition coefficient (Wildman–Crippen LogP) is 1.57. The van der Waals surface area contributed by atoms with Crippen LogP contribution in [0.3, 0.4) is 0 Å². The van der Waals surface area contributed by atoms with E-state index in [0.29, 0.717) is 6.54 Å². The zero-order valence-electron chi connectivity index (χ0n) is 7.49. The van der Waals surface area contributed by atoms with Crippen molar-refractivity contribution in [2.75, 3.05) is 13.7 Å². The second kappa shape index (κ2) is 5.12. The standard InChI is InChI=1S/C10H11NO2/c1-13-10-4-2-9(3-5-10)6-7-11-8-12/h2-5H,6-7H2,1H3. The van der Waals surface area contributed by atoms with Crippen molar-refractivity contribution in [2.45, 2.75) is 6.42 Å². The first kappa shape index (κ1) is 9.49. The molecule has 68 valence electrons. The summed E-state index contributed by atoms with van der Waals surface area (Å²) in [7, 11) is 1.63. The van der Waals surface area contributed by atoms with Crippen LogP contribution in [0.25, 0.3) is 0 Å². The Labute approximate surface area is 77.1 Å². The largest absolute Gasteiger partial charge is 0.497 e. The van der Waals surface area contributed by atoms with E-state index in [1.165, 1.54) is 6.08 Å². The lowest BCUT2D eigenvalue weighted by Crippen LogP contribution is -1.89. The Kier molecular flexibility index (Phi) is 3.74. The van der Waals surface area contributed by atoms with Crippen molar-refractivity contribution in [1.82, 2.24) is 0 Å². The van der Waals surface area contributed by atoms with E-state index in [1.807, 2.05) is 24.3 Å². The van der Waals surface area contributed by atoms with E-state index in [1.54, 1.807) is 7.11 Å². The molecular weight excluding hydrogens is 166 g/mol. The molecule has 3 heteroatoms. The fourth-order valence-electron chi connectivity index (χ4n) is 1.02. The Hall–Kier alpha value is -1.60. The number of nitrogens with zero attached hydrogens (tertiary/aromatic N) is 1. The number of methoxy groups -OCH3 is 1. The molecule has 1 rings (SSSR count). The van der Waals surface area contributed by atoms with E-state index >= 15 is 0 Å². The van der Waals surface area contributed by atoms with E-state index in [4.69, 9.17) is 4.74 Å². The number of hydrogen-bond acceptors (Lipinski definition) is 3. The average molecular weight is 177 g/mol. The molecule has 0 aliphatic heterocycles. The van der Waals surface area contributed by atoms with Crippen LogP contribution in [0.15, 0.2) is 29.3 Å². The summed E-state index contributed by atoms with van der Waals surface area (Å²) < 4.78 is 5.01. The minimum absolute atomic E-state index is 0.496. The molecule has 0 bridgehead atoms. The maximum Gasteiger partial charge on any atom is 0.234 e. The zero-order valence-corrected chi connectivity index (χ0v) is 7.49. The van der Waals surface area contributed by atoms with Gasteiger partial charge in [-0.3, -0.25) is 0 Å². The van der Waals surface area contributed by atoms with Crippen LogP contribution in [0.2, 0.25) is 0 Å². The lowest BCUT2D eigenvalue weighted by Gasteiger charge is -2.00. The Balaban J connectivity index is 2.53. The molecule has 1 aromatic rings. The van der Waals surface area contributed by atoms with Gasteiger partial charge in [0.2, 0.25) is 6.08 Å². The quantitative estimate of drug-likeness (QED) is 0.517. The van der Waals surface area contributed by atoms with Gasteiger partial charge in [-0.25, -0.2) is 9.79 Å². The molecule has 0 unspecified atom stereocenters. The van der Waals surface area contributed by atoms with Crippen molar-refractivity contribution < 1.29 is 9.53 Å². The summed E-state index contributed by atoms with van der Waals surface area (Å²) >= 11 is 0. The van der Waals surface area contributed by atoms with Gasteiger partial charge in [0.25, 0.3) is 0 Å². The van der Waals surface area contributed by atoms with E-state index < -0.39 is 0 Å². The maximum absolute atomic E-state index is 9.78. The number of aliphatic imine (C=N–C) groups is 1. The van der Waals surface area contributed by atoms with Crippen LogP contribution >= 0.6 is 0 Å². The predicted molar refractivity (Wildman–Crippen MR) is 49.7 cm³/mol. The monoisotopic (exact) mass is 177 g/mol. The lowest BCUT2D eigenvalue weighted by molar-refractivity contribution is 0.414. The van der Waals surface area contributed by atoms with Gasteiger partial charge in [0.05, 0.1) is 13.7 Å². The first-order chi connectivity index (χ1) is 6.36. The fraction of sp³-hybridized carbons (Fsp3) is 0.300. The van der Waals surface area contributed by atoms with Gasteiger partial charge in [-0.15, -0.1) is 0 Å². The third-order valence-electron chi connectivity index (χ3n) is 1.74. The van der Waals surface area contributed by atoms with E-state index in [-0.39, 0.29) is 0 Å². The number of rotatable bonds is 4. The Bertz CT molecular complexity index is 299. The third-order valence-corrected chi connectivity index (χ3v) is 1.74. The molecule has 3 nitrogen and oxygen atoms in total. The van der Waals surface area contributed by atoms with Gasteiger partial charge >= 0.3 is 0 Å². The van der Waals surface area contributed by atoms with Crippen molar-refractivity contribution in [3.63, 3.8) is 0 Å². The molecular formula is C10H11NO2. The van der Waals surface area contributed by atoms with Crippen LogP contribution < -0.4 is 4.74 Å². The summed E-state index contributed by atoms with van der Waals surface area (Å²) in [5.41, 5.74) is 1.14. The molecule has 0 aromatic heterocycles.